The molecular weight excluding hydrogens is 178 g/mol. The molecule has 3 heteroatoms. The average Bonchev–Trinajstić information content (AvgIpc) is 2.08. The standard InChI is InChI=1S/C11H21NO2/c12-10(11(13)8-14-9-11)6-4-2-1-3-5-7-10/h13H,1-9,12H2. The molecule has 1 heterocycles. The highest BCUT2D eigenvalue weighted by atomic mass is 16.5. The Balaban J connectivity index is 2.02. The number of rotatable bonds is 1. The molecule has 0 radical (unpaired) electrons. The second kappa shape index (κ2) is 3.80. The summed E-state index contributed by atoms with van der Waals surface area (Å²) in [4.78, 5) is 0. The summed E-state index contributed by atoms with van der Waals surface area (Å²) in [6.45, 7) is 0.868. The van der Waals surface area contributed by atoms with Gasteiger partial charge in [-0.05, 0) is 12.8 Å². The fraction of sp³-hybridized carbons (Fsp3) is 1.00. The van der Waals surface area contributed by atoms with E-state index in [0.717, 1.165) is 25.7 Å². The number of hydrogen-bond donors (Lipinski definition) is 2. The van der Waals surface area contributed by atoms with Gasteiger partial charge in [-0.25, -0.2) is 0 Å². The van der Waals surface area contributed by atoms with Gasteiger partial charge in [-0.3, -0.25) is 0 Å². The number of hydrogen-bond acceptors (Lipinski definition) is 3. The number of aliphatic hydroxyl groups is 1. The van der Waals surface area contributed by atoms with E-state index in [1.807, 2.05) is 0 Å². The van der Waals surface area contributed by atoms with Crippen LogP contribution in [0.5, 0.6) is 0 Å². The molecule has 0 spiro atoms. The van der Waals surface area contributed by atoms with E-state index in [-0.39, 0.29) is 5.54 Å². The van der Waals surface area contributed by atoms with Crippen LogP contribution in [0.4, 0.5) is 0 Å². The van der Waals surface area contributed by atoms with Gasteiger partial charge in [0, 0.05) is 5.54 Å². The van der Waals surface area contributed by atoms with Gasteiger partial charge in [-0.15, -0.1) is 0 Å². The molecule has 0 aromatic carbocycles. The van der Waals surface area contributed by atoms with E-state index in [1.54, 1.807) is 0 Å². The lowest BCUT2D eigenvalue weighted by Crippen LogP contribution is -2.70. The molecule has 1 saturated carbocycles. The van der Waals surface area contributed by atoms with Gasteiger partial charge in [-0.2, -0.15) is 0 Å². The second-order valence-corrected chi connectivity index (χ2v) is 4.95. The van der Waals surface area contributed by atoms with Crippen molar-refractivity contribution in [3.05, 3.63) is 0 Å². The summed E-state index contributed by atoms with van der Waals surface area (Å²) >= 11 is 0. The highest BCUT2D eigenvalue weighted by molar-refractivity contribution is 5.07. The molecule has 3 nitrogen and oxygen atoms in total. The molecule has 2 rings (SSSR count). The molecule has 2 fully saturated rings. The predicted molar refractivity (Wildman–Crippen MR) is 55.0 cm³/mol. The molecule has 3 N–H and O–H groups in total. The Kier molecular flexibility index (Phi) is 2.82. The zero-order valence-corrected chi connectivity index (χ0v) is 8.80. The van der Waals surface area contributed by atoms with Crippen LogP contribution in [0.2, 0.25) is 0 Å². The van der Waals surface area contributed by atoms with Crippen LogP contribution in [-0.4, -0.2) is 29.5 Å². The highest BCUT2D eigenvalue weighted by Gasteiger charge is 2.52. The third-order valence-corrected chi connectivity index (χ3v) is 3.85. The molecule has 82 valence electrons. The molecule has 0 amide bonds. The zero-order valence-electron chi connectivity index (χ0n) is 8.80. The predicted octanol–water partition coefficient (Wildman–Crippen LogP) is 1.19. The quantitative estimate of drug-likeness (QED) is 0.667. The number of nitrogens with two attached hydrogens (primary N) is 1. The third-order valence-electron chi connectivity index (χ3n) is 3.85. The summed E-state index contributed by atoms with van der Waals surface area (Å²) in [6, 6.07) is 0. The van der Waals surface area contributed by atoms with Crippen LogP contribution in [0.15, 0.2) is 0 Å². The van der Waals surface area contributed by atoms with Crippen LogP contribution in [0.1, 0.15) is 44.9 Å². The van der Waals surface area contributed by atoms with Gasteiger partial charge in [0.2, 0.25) is 0 Å². The molecule has 0 unspecified atom stereocenters. The minimum absolute atomic E-state index is 0.383. The number of ether oxygens (including phenoxy) is 1. The van der Waals surface area contributed by atoms with Gasteiger partial charge in [0.1, 0.15) is 5.60 Å². The van der Waals surface area contributed by atoms with Gasteiger partial charge in [0.05, 0.1) is 13.2 Å². The van der Waals surface area contributed by atoms with Crippen molar-refractivity contribution >= 4 is 0 Å². The molecular formula is C11H21NO2. The van der Waals surface area contributed by atoms with Crippen molar-refractivity contribution in [2.24, 2.45) is 5.73 Å². The van der Waals surface area contributed by atoms with Gasteiger partial charge < -0.3 is 15.6 Å². The van der Waals surface area contributed by atoms with Gasteiger partial charge in [0.15, 0.2) is 0 Å². The average molecular weight is 199 g/mol. The molecule has 1 aliphatic heterocycles. The largest absolute Gasteiger partial charge is 0.383 e. The lowest BCUT2D eigenvalue weighted by molar-refractivity contribution is -0.218. The lowest BCUT2D eigenvalue weighted by Gasteiger charge is -2.50. The Bertz CT molecular complexity index is 193. The zero-order chi connectivity index (χ0) is 10.1. The Morgan fingerprint density at radius 2 is 1.43 bits per heavy atom. The maximum atomic E-state index is 10.3. The second-order valence-electron chi connectivity index (χ2n) is 4.95. The first-order valence-corrected chi connectivity index (χ1v) is 5.75. The third kappa shape index (κ3) is 1.69. The van der Waals surface area contributed by atoms with Crippen molar-refractivity contribution in [3.8, 4) is 0 Å². The van der Waals surface area contributed by atoms with Crippen molar-refractivity contribution in [2.75, 3.05) is 13.2 Å². The van der Waals surface area contributed by atoms with E-state index in [2.05, 4.69) is 0 Å². The molecule has 1 saturated heterocycles. The van der Waals surface area contributed by atoms with E-state index >= 15 is 0 Å². The smallest absolute Gasteiger partial charge is 0.129 e. The van der Waals surface area contributed by atoms with Crippen LogP contribution in [0.3, 0.4) is 0 Å². The minimum atomic E-state index is -0.732. The molecule has 2 aliphatic rings. The van der Waals surface area contributed by atoms with E-state index in [9.17, 15) is 5.11 Å². The topological polar surface area (TPSA) is 55.5 Å². The maximum Gasteiger partial charge on any atom is 0.129 e. The molecule has 0 aromatic heterocycles. The first-order valence-electron chi connectivity index (χ1n) is 5.75. The van der Waals surface area contributed by atoms with Crippen molar-refractivity contribution < 1.29 is 9.84 Å². The van der Waals surface area contributed by atoms with Crippen LogP contribution in [-0.2, 0) is 4.74 Å². The summed E-state index contributed by atoms with van der Waals surface area (Å²) in [7, 11) is 0. The first kappa shape index (κ1) is 10.4. The summed E-state index contributed by atoms with van der Waals surface area (Å²) in [5.41, 5.74) is 5.22. The van der Waals surface area contributed by atoms with E-state index < -0.39 is 5.60 Å². The minimum Gasteiger partial charge on any atom is -0.383 e. The Morgan fingerprint density at radius 1 is 0.929 bits per heavy atom. The lowest BCUT2D eigenvalue weighted by atomic mass is 9.71. The van der Waals surface area contributed by atoms with E-state index in [1.165, 1.54) is 19.3 Å². The van der Waals surface area contributed by atoms with Crippen LogP contribution >= 0.6 is 0 Å². The molecule has 14 heavy (non-hydrogen) atoms. The summed E-state index contributed by atoms with van der Waals surface area (Å²) in [5.74, 6) is 0. The molecule has 0 bridgehead atoms. The molecule has 0 atom stereocenters. The van der Waals surface area contributed by atoms with Gasteiger partial charge in [-0.1, -0.05) is 32.1 Å². The summed E-state index contributed by atoms with van der Waals surface area (Å²) in [6.07, 6.45) is 8.05. The van der Waals surface area contributed by atoms with Crippen molar-refractivity contribution in [1.29, 1.82) is 0 Å². The molecule has 1 aliphatic carbocycles. The van der Waals surface area contributed by atoms with Crippen molar-refractivity contribution in [1.82, 2.24) is 0 Å². The van der Waals surface area contributed by atoms with Crippen molar-refractivity contribution in [2.45, 2.75) is 56.1 Å². The van der Waals surface area contributed by atoms with E-state index in [4.69, 9.17) is 10.5 Å². The summed E-state index contributed by atoms with van der Waals surface area (Å²) < 4.78 is 5.10. The first-order chi connectivity index (χ1) is 6.66. The normalized spacial score (nSPS) is 31.3. The van der Waals surface area contributed by atoms with Crippen LogP contribution in [0, 0.1) is 0 Å². The van der Waals surface area contributed by atoms with Gasteiger partial charge >= 0.3 is 0 Å². The Morgan fingerprint density at radius 3 is 1.86 bits per heavy atom. The SMILES string of the molecule is NC1(C2(O)COC2)CCCCCCC1. The van der Waals surface area contributed by atoms with E-state index in [0.29, 0.717) is 13.2 Å². The fourth-order valence-corrected chi connectivity index (χ4v) is 2.58. The van der Waals surface area contributed by atoms with Crippen LogP contribution in [0.25, 0.3) is 0 Å². The van der Waals surface area contributed by atoms with Gasteiger partial charge in [0.25, 0.3) is 0 Å². The monoisotopic (exact) mass is 199 g/mol. The fourth-order valence-electron chi connectivity index (χ4n) is 2.58. The van der Waals surface area contributed by atoms with Crippen LogP contribution < -0.4 is 5.73 Å². The summed E-state index contributed by atoms with van der Waals surface area (Å²) in [5, 5.41) is 10.3. The Labute approximate surface area is 85.6 Å². The Hall–Kier alpha value is -0.120. The maximum absolute atomic E-state index is 10.3. The van der Waals surface area contributed by atoms with Crippen molar-refractivity contribution in [3.63, 3.8) is 0 Å². The highest BCUT2D eigenvalue weighted by Crippen LogP contribution is 2.37. The molecule has 0 aromatic rings.